The van der Waals surface area contributed by atoms with Crippen molar-refractivity contribution < 1.29 is 68.8 Å². The number of benzene rings is 3. The van der Waals surface area contributed by atoms with Crippen LogP contribution in [-0.4, -0.2) is 128 Å². The number of ether oxygens (including phenoxy) is 3. The summed E-state index contributed by atoms with van der Waals surface area (Å²) in [6.07, 6.45) is -5.38. The van der Waals surface area contributed by atoms with Gasteiger partial charge in [0.1, 0.15) is 42.2 Å². The number of hydroxylamine groups is 2. The fourth-order valence-corrected chi connectivity index (χ4v) is 7.73. The van der Waals surface area contributed by atoms with Crippen LogP contribution in [0.25, 0.3) is 27.8 Å². The molecule has 3 aromatic carbocycles. The Morgan fingerprint density at radius 1 is 1.02 bits per heavy atom. The number of aliphatic hydroxyl groups is 5. The number of esters is 1. The molecule has 0 aliphatic carbocycles. The largest absolute Gasteiger partial charge is 0.508 e. The Kier molecular flexibility index (Phi) is 12.4. The van der Waals surface area contributed by atoms with Gasteiger partial charge < -0.3 is 59.7 Å². The molecule has 1 aromatic heterocycles. The number of carboxylic acid groups (broad SMARTS) is 1. The number of carbonyl (C=O) groups is 2. The van der Waals surface area contributed by atoms with Crippen LogP contribution in [0.5, 0.6) is 11.5 Å². The lowest BCUT2D eigenvalue weighted by Gasteiger charge is -2.47. The zero-order valence-corrected chi connectivity index (χ0v) is 33.2. The van der Waals surface area contributed by atoms with Crippen molar-refractivity contribution in [3.8, 4) is 22.6 Å². The van der Waals surface area contributed by atoms with E-state index >= 15 is 0 Å². The molecule has 3 aliphatic rings. The van der Waals surface area contributed by atoms with Gasteiger partial charge in [0.05, 0.1) is 28.9 Å². The number of aryl methyl sites for hydroxylation is 2. The van der Waals surface area contributed by atoms with E-state index in [1.54, 1.807) is 24.4 Å². The minimum absolute atomic E-state index is 0.0136. The van der Waals surface area contributed by atoms with Gasteiger partial charge in [0.25, 0.3) is 5.79 Å². The Balaban J connectivity index is 1.25. The fraction of sp³-hybridized carbons (Fsp3) is 0.349. The first-order valence-electron chi connectivity index (χ1n) is 19.3. The summed E-state index contributed by atoms with van der Waals surface area (Å²) in [6.45, 7) is 2.02. The van der Waals surface area contributed by atoms with Crippen molar-refractivity contribution in [3.05, 3.63) is 111 Å². The van der Waals surface area contributed by atoms with Crippen molar-refractivity contribution in [2.75, 3.05) is 26.8 Å². The second kappa shape index (κ2) is 17.6. The molecule has 18 heteroatoms. The highest BCUT2D eigenvalue weighted by Gasteiger charge is 2.58. The maximum atomic E-state index is 13.5. The van der Waals surface area contributed by atoms with E-state index in [0.717, 1.165) is 22.3 Å². The molecule has 0 amide bonds. The molecule has 322 valence electrons. The number of allylic oxidation sites excluding steroid dienone is 1. The smallest absolute Gasteiger partial charge is 0.324 e. The lowest BCUT2D eigenvalue weighted by Crippen LogP contribution is -2.68. The number of carboxylic acids is 1. The van der Waals surface area contributed by atoms with Crippen molar-refractivity contribution in [1.82, 2.24) is 10.4 Å². The second-order valence-electron chi connectivity index (χ2n) is 15.0. The highest BCUT2D eigenvalue weighted by Crippen LogP contribution is 2.41. The molecule has 4 aromatic rings. The number of phenols is 1. The standard InChI is InChI=1S/C43H45N3O15/c1-21-14-22(2)16-25(15-21)34-33-24(10-12-45-33)18-46(34)61-38-36(51)37(52)39(43(56,20-48)60-41(55)32(40(53)54)30(44-3)11-13-47)59-42(38)58-27-8-9-28-31(17-27)57-19-29(35(28)50)23-4-6-26(49)7-5-23/h4-10,12,14-17,19,30,32,36-39,42,44,47-49,51-52,56H,11,13,18,20H2,1-3H3,(H,53,54)/t30-,32+,36-,37-,38+,39-,42+,43-/m1/s1. The SMILES string of the molecule is CN[C@H](CCO)[C@@H](C(=O)O)C(=O)O[C@](O)(CO)[C@@H]1O[C@H](Oc2ccc3c(=O)c(-c4ccc(O)cc4)coc3c2)[C@@H](ON2CC3=CC=NC3=C2c2cc(C)cc(C)c2)[C@H](O)[C@H]1O. The summed E-state index contributed by atoms with van der Waals surface area (Å²) in [4.78, 5) is 50.1. The van der Waals surface area contributed by atoms with Crippen LogP contribution in [0.1, 0.15) is 23.1 Å². The Morgan fingerprint density at radius 3 is 2.39 bits per heavy atom. The number of aliphatic hydroxyl groups excluding tert-OH is 4. The summed E-state index contributed by atoms with van der Waals surface area (Å²) in [7, 11) is 1.35. The number of hydrogen-bond acceptors (Lipinski definition) is 17. The highest BCUT2D eigenvalue weighted by atomic mass is 16.8. The molecular formula is C43H45N3O15. The van der Waals surface area contributed by atoms with Crippen molar-refractivity contribution in [3.63, 3.8) is 0 Å². The van der Waals surface area contributed by atoms with Gasteiger partial charge in [-0.1, -0.05) is 29.3 Å². The molecular weight excluding hydrogens is 798 g/mol. The summed E-state index contributed by atoms with van der Waals surface area (Å²) in [6, 6.07) is 14.8. The summed E-state index contributed by atoms with van der Waals surface area (Å²) >= 11 is 0. The molecule has 0 radical (unpaired) electrons. The average Bonchev–Trinajstić information content (AvgIpc) is 3.81. The Labute approximate surface area is 347 Å². The van der Waals surface area contributed by atoms with Gasteiger partial charge in [-0.3, -0.25) is 24.2 Å². The third-order valence-corrected chi connectivity index (χ3v) is 10.7. The second-order valence-corrected chi connectivity index (χ2v) is 15.0. The number of nitrogens with zero attached hydrogens (tertiary/aromatic N) is 2. The van der Waals surface area contributed by atoms with Crippen LogP contribution in [0.15, 0.2) is 98.5 Å². The van der Waals surface area contributed by atoms with E-state index in [0.29, 0.717) is 17.0 Å². The Morgan fingerprint density at radius 2 is 1.74 bits per heavy atom. The predicted octanol–water partition coefficient (Wildman–Crippen LogP) is 1.50. The van der Waals surface area contributed by atoms with Crippen molar-refractivity contribution >= 4 is 34.8 Å². The maximum Gasteiger partial charge on any atom is 0.324 e. The third-order valence-electron chi connectivity index (χ3n) is 10.7. The van der Waals surface area contributed by atoms with E-state index in [1.807, 2.05) is 32.0 Å². The molecule has 8 atom stereocenters. The van der Waals surface area contributed by atoms with Crippen molar-refractivity contribution in [2.45, 2.75) is 62.8 Å². The van der Waals surface area contributed by atoms with E-state index in [4.69, 9.17) is 23.5 Å². The number of aliphatic carboxylic acids is 1. The minimum atomic E-state index is -3.19. The van der Waals surface area contributed by atoms with Gasteiger partial charge in [0, 0.05) is 36.1 Å². The third kappa shape index (κ3) is 8.52. The van der Waals surface area contributed by atoms with Crippen LogP contribution in [0, 0.1) is 19.8 Å². The molecule has 0 bridgehead atoms. The first-order valence-corrected chi connectivity index (χ1v) is 19.3. The summed E-state index contributed by atoms with van der Waals surface area (Å²) in [5.74, 6) is -8.44. The van der Waals surface area contributed by atoms with Gasteiger partial charge in [-0.2, -0.15) is 0 Å². The zero-order valence-electron chi connectivity index (χ0n) is 33.2. The normalized spacial score (nSPS) is 23.0. The van der Waals surface area contributed by atoms with Gasteiger partial charge in [-0.05, 0) is 75.4 Å². The number of rotatable bonds is 15. The molecule has 1 fully saturated rings. The van der Waals surface area contributed by atoms with E-state index < -0.39 is 79.0 Å². The van der Waals surface area contributed by atoms with Crippen LogP contribution in [0.2, 0.25) is 0 Å². The van der Waals surface area contributed by atoms with Crippen LogP contribution >= 0.6 is 0 Å². The first-order chi connectivity index (χ1) is 29.2. The molecule has 4 heterocycles. The molecule has 18 nitrogen and oxygen atoms in total. The molecule has 7 rings (SSSR count). The topological polar surface area (TPSA) is 271 Å². The number of aromatic hydroxyl groups is 1. The van der Waals surface area contributed by atoms with Crippen LogP contribution < -0.4 is 15.5 Å². The molecule has 61 heavy (non-hydrogen) atoms. The average molecular weight is 844 g/mol. The Bertz CT molecular complexity index is 2440. The number of fused-ring (bicyclic) bond motifs is 2. The highest BCUT2D eigenvalue weighted by molar-refractivity contribution is 5.95. The summed E-state index contributed by atoms with van der Waals surface area (Å²) < 4.78 is 23.3. The zero-order chi connectivity index (χ0) is 43.7. The van der Waals surface area contributed by atoms with Crippen LogP contribution in [-0.2, 0) is 23.9 Å². The van der Waals surface area contributed by atoms with E-state index in [-0.39, 0.29) is 41.0 Å². The van der Waals surface area contributed by atoms with Gasteiger partial charge in [-0.25, -0.2) is 5.06 Å². The fourth-order valence-electron chi connectivity index (χ4n) is 7.73. The Hall–Kier alpha value is -5.96. The lowest BCUT2D eigenvalue weighted by molar-refractivity contribution is -0.372. The molecule has 0 unspecified atom stereocenters. The van der Waals surface area contributed by atoms with Crippen molar-refractivity contribution in [2.24, 2.45) is 10.9 Å². The monoisotopic (exact) mass is 843 g/mol. The van der Waals surface area contributed by atoms with Crippen LogP contribution in [0.4, 0.5) is 0 Å². The summed E-state index contributed by atoms with van der Waals surface area (Å²) in [5.41, 5.74) is 4.89. The van der Waals surface area contributed by atoms with E-state index in [2.05, 4.69) is 10.3 Å². The molecule has 0 spiro atoms. The number of phenolic OH excluding ortho intramolecular Hbond substituents is 1. The molecule has 1 saturated heterocycles. The maximum absolute atomic E-state index is 13.5. The number of hydrogen-bond donors (Lipinski definition) is 8. The quantitative estimate of drug-likeness (QED) is 0.0479. The number of carbonyl (C=O) groups excluding carboxylic acids is 1. The number of aliphatic imine (C=N–C) groups is 1. The van der Waals surface area contributed by atoms with Gasteiger partial charge in [0.2, 0.25) is 6.29 Å². The number of nitrogens with one attached hydrogen (secondary N) is 1. The first kappa shape index (κ1) is 43.1. The van der Waals surface area contributed by atoms with E-state index in [1.165, 1.54) is 48.7 Å². The van der Waals surface area contributed by atoms with Crippen LogP contribution in [0.3, 0.4) is 0 Å². The van der Waals surface area contributed by atoms with Gasteiger partial charge >= 0.3 is 11.9 Å². The predicted molar refractivity (Wildman–Crippen MR) is 216 cm³/mol. The lowest BCUT2D eigenvalue weighted by atomic mass is 9.92. The molecule has 0 saturated carbocycles. The van der Waals surface area contributed by atoms with E-state index in [9.17, 15) is 50.1 Å². The molecule has 3 aliphatic heterocycles. The van der Waals surface area contributed by atoms with Crippen molar-refractivity contribution in [1.29, 1.82) is 0 Å². The van der Waals surface area contributed by atoms with Gasteiger partial charge in [-0.15, -0.1) is 0 Å². The van der Waals surface area contributed by atoms with Gasteiger partial charge in [0.15, 0.2) is 23.6 Å². The molecule has 8 N–H and O–H groups in total. The summed E-state index contributed by atoms with van der Waals surface area (Å²) in [5, 5.41) is 78.9. The minimum Gasteiger partial charge on any atom is -0.508 e.